The summed E-state index contributed by atoms with van der Waals surface area (Å²) in [5, 5.41) is 23.2. The van der Waals surface area contributed by atoms with Crippen molar-refractivity contribution in [3.63, 3.8) is 0 Å². The van der Waals surface area contributed by atoms with E-state index >= 15 is 0 Å². The van der Waals surface area contributed by atoms with Gasteiger partial charge in [-0.1, -0.05) is 238 Å². The molecule has 0 bridgehead atoms. The van der Waals surface area contributed by atoms with E-state index in [1.54, 1.807) is 0 Å². The second kappa shape index (κ2) is 48.3. The van der Waals surface area contributed by atoms with Gasteiger partial charge in [-0.3, -0.25) is 9.59 Å². The standard InChI is InChI=1S/C52H101NO5/c1-3-5-7-9-11-13-15-17-19-20-21-22-23-25-28-32-36-40-44-50(55)49(48-54)53-51(56)45-41-37-33-29-27-31-35-39-43-47-58-52(57)46-42-38-34-30-26-24-18-16-14-12-10-8-6-4-2/h29,33,49-50,54-55H,3-28,30-32,34-48H2,1-2H3,(H,53,56)/b33-29-. The fourth-order valence-corrected chi connectivity index (χ4v) is 8.05. The van der Waals surface area contributed by atoms with Crippen LogP contribution in [0.5, 0.6) is 0 Å². The van der Waals surface area contributed by atoms with Crippen molar-refractivity contribution < 1.29 is 24.5 Å². The van der Waals surface area contributed by atoms with Gasteiger partial charge in [0, 0.05) is 12.8 Å². The molecule has 0 radical (unpaired) electrons. The molecule has 6 nitrogen and oxygen atoms in total. The highest BCUT2D eigenvalue weighted by atomic mass is 16.5. The quantitative estimate of drug-likeness (QED) is 0.0323. The minimum absolute atomic E-state index is 0.0329. The van der Waals surface area contributed by atoms with Crippen LogP contribution in [-0.4, -0.2) is 47.4 Å². The largest absolute Gasteiger partial charge is 0.466 e. The Kier molecular flexibility index (Phi) is 47.1. The Hall–Kier alpha value is -1.40. The summed E-state index contributed by atoms with van der Waals surface area (Å²) in [7, 11) is 0. The summed E-state index contributed by atoms with van der Waals surface area (Å²) in [5.74, 6) is -0.126. The number of allylic oxidation sites excluding steroid dienone is 2. The van der Waals surface area contributed by atoms with Crippen molar-refractivity contribution >= 4 is 11.9 Å². The van der Waals surface area contributed by atoms with E-state index in [9.17, 15) is 19.8 Å². The number of unbranched alkanes of at least 4 members (excludes halogenated alkanes) is 35. The highest BCUT2D eigenvalue weighted by Gasteiger charge is 2.20. The molecule has 6 heteroatoms. The molecule has 0 saturated carbocycles. The molecule has 0 spiro atoms. The molecule has 344 valence electrons. The number of carbonyl (C=O) groups excluding carboxylic acids is 2. The molecule has 0 rings (SSSR count). The topological polar surface area (TPSA) is 95.9 Å². The lowest BCUT2D eigenvalue weighted by atomic mass is 10.0. The Balaban J connectivity index is 3.53. The lowest BCUT2D eigenvalue weighted by Crippen LogP contribution is -2.45. The van der Waals surface area contributed by atoms with Gasteiger partial charge in [-0.2, -0.15) is 0 Å². The third kappa shape index (κ3) is 44.2. The normalized spacial score (nSPS) is 12.7. The average molecular weight is 820 g/mol. The third-order valence-corrected chi connectivity index (χ3v) is 12.1. The van der Waals surface area contributed by atoms with Crippen LogP contribution in [-0.2, 0) is 14.3 Å². The van der Waals surface area contributed by atoms with E-state index in [1.807, 2.05) is 0 Å². The van der Waals surface area contributed by atoms with Gasteiger partial charge in [0.25, 0.3) is 0 Å². The van der Waals surface area contributed by atoms with E-state index in [0.29, 0.717) is 25.9 Å². The van der Waals surface area contributed by atoms with Gasteiger partial charge in [-0.25, -0.2) is 0 Å². The predicted octanol–water partition coefficient (Wildman–Crippen LogP) is 15.3. The maximum absolute atomic E-state index is 12.4. The van der Waals surface area contributed by atoms with Crippen LogP contribution in [0.1, 0.15) is 284 Å². The number of nitrogens with one attached hydrogen (secondary N) is 1. The van der Waals surface area contributed by atoms with Crippen LogP contribution in [0.2, 0.25) is 0 Å². The zero-order valence-electron chi connectivity index (χ0n) is 39.0. The molecular weight excluding hydrogens is 719 g/mol. The number of carbonyl (C=O) groups is 2. The van der Waals surface area contributed by atoms with Gasteiger partial charge >= 0.3 is 5.97 Å². The van der Waals surface area contributed by atoms with Crippen LogP contribution in [0.25, 0.3) is 0 Å². The first kappa shape index (κ1) is 56.6. The summed E-state index contributed by atoms with van der Waals surface area (Å²) < 4.78 is 5.44. The molecular formula is C52H101NO5. The van der Waals surface area contributed by atoms with E-state index in [0.717, 1.165) is 70.6 Å². The molecule has 0 fully saturated rings. The fraction of sp³-hybridized carbons (Fsp3) is 0.923. The molecule has 3 N–H and O–H groups in total. The summed E-state index contributed by atoms with van der Waals surface area (Å²) in [6, 6.07) is -0.578. The van der Waals surface area contributed by atoms with Crippen molar-refractivity contribution in [2.75, 3.05) is 13.2 Å². The number of aliphatic hydroxyl groups is 2. The Morgan fingerprint density at radius 1 is 0.466 bits per heavy atom. The monoisotopic (exact) mass is 820 g/mol. The zero-order chi connectivity index (χ0) is 42.3. The van der Waals surface area contributed by atoms with Crippen molar-refractivity contribution in [3.8, 4) is 0 Å². The molecule has 0 aromatic rings. The molecule has 2 unspecified atom stereocenters. The number of aliphatic hydroxyl groups excluding tert-OH is 2. The van der Waals surface area contributed by atoms with E-state index in [2.05, 4.69) is 31.3 Å². The lowest BCUT2D eigenvalue weighted by Gasteiger charge is -2.22. The van der Waals surface area contributed by atoms with E-state index < -0.39 is 12.1 Å². The minimum Gasteiger partial charge on any atom is -0.466 e. The lowest BCUT2D eigenvalue weighted by molar-refractivity contribution is -0.143. The smallest absolute Gasteiger partial charge is 0.305 e. The van der Waals surface area contributed by atoms with Crippen LogP contribution >= 0.6 is 0 Å². The Labute approximate surface area is 361 Å². The van der Waals surface area contributed by atoms with Crippen LogP contribution < -0.4 is 5.32 Å². The second-order valence-electron chi connectivity index (χ2n) is 17.9. The molecule has 0 aromatic heterocycles. The number of amides is 1. The molecule has 0 aliphatic heterocycles. The highest BCUT2D eigenvalue weighted by molar-refractivity contribution is 5.76. The molecule has 0 saturated heterocycles. The van der Waals surface area contributed by atoms with Gasteiger partial charge in [0.05, 0.1) is 25.4 Å². The molecule has 1 amide bonds. The first-order chi connectivity index (χ1) is 28.5. The van der Waals surface area contributed by atoms with Crippen LogP contribution in [0.4, 0.5) is 0 Å². The number of hydrogen-bond acceptors (Lipinski definition) is 5. The van der Waals surface area contributed by atoms with Crippen molar-refractivity contribution in [3.05, 3.63) is 12.2 Å². The maximum Gasteiger partial charge on any atom is 0.305 e. The Morgan fingerprint density at radius 3 is 1.26 bits per heavy atom. The summed E-state index contributed by atoms with van der Waals surface area (Å²) in [4.78, 5) is 24.5. The average Bonchev–Trinajstić information content (AvgIpc) is 3.22. The van der Waals surface area contributed by atoms with Crippen LogP contribution in [0.3, 0.4) is 0 Å². The Morgan fingerprint density at radius 2 is 0.828 bits per heavy atom. The molecule has 0 aliphatic carbocycles. The van der Waals surface area contributed by atoms with E-state index in [4.69, 9.17) is 4.74 Å². The number of rotatable bonds is 48. The van der Waals surface area contributed by atoms with Crippen molar-refractivity contribution in [1.82, 2.24) is 5.32 Å². The summed E-state index contributed by atoms with van der Waals surface area (Å²) in [6.07, 6.45) is 54.7. The number of ether oxygens (including phenoxy) is 1. The van der Waals surface area contributed by atoms with Crippen molar-refractivity contribution in [1.29, 1.82) is 0 Å². The first-order valence-corrected chi connectivity index (χ1v) is 25.9. The fourth-order valence-electron chi connectivity index (χ4n) is 8.05. The molecule has 0 heterocycles. The van der Waals surface area contributed by atoms with Gasteiger partial charge in [-0.05, 0) is 44.9 Å². The van der Waals surface area contributed by atoms with E-state index in [-0.39, 0.29) is 18.5 Å². The molecule has 0 aliphatic rings. The van der Waals surface area contributed by atoms with Gasteiger partial charge in [0.15, 0.2) is 0 Å². The number of esters is 1. The van der Waals surface area contributed by atoms with Crippen molar-refractivity contribution in [2.45, 2.75) is 296 Å². The van der Waals surface area contributed by atoms with E-state index in [1.165, 1.54) is 180 Å². The predicted molar refractivity (Wildman–Crippen MR) is 250 cm³/mol. The van der Waals surface area contributed by atoms with Gasteiger partial charge in [0.2, 0.25) is 5.91 Å². The third-order valence-electron chi connectivity index (χ3n) is 12.1. The first-order valence-electron chi connectivity index (χ1n) is 25.9. The number of hydrogen-bond donors (Lipinski definition) is 3. The SMILES string of the molecule is CCCCCCCCCCCCCCCCCCCCC(O)C(CO)NC(=O)CCC/C=C\CCCCCCOC(=O)CCCCCCCCCCCCCCCC. The highest BCUT2D eigenvalue weighted by Crippen LogP contribution is 2.17. The van der Waals surface area contributed by atoms with Gasteiger partial charge in [0.1, 0.15) is 0 Å². The summed E-state index contributed by atoms with van der Waals surface area (Å²) in [5.41, 5.74) is 0. The van der Waals surface area contributed by atoms with Crippen LogP contribution in [0, 0.1) is 0 Å². The molecule has 58 heavy (non-hydrogen) atoms. The summed E-state index contributed by atoms with van der Waals surface area (Å²) >= 11 is 0. The Bertz CT molecular complexity index is 863. The van der Waals surface area contributed by atoms with Gasteiger partial charge in [-0.15, -0.1) is 0 Å². The van der Waals surface area contributed by atoms with Gasteiger partial charge < -0.3 is 20.3 Å². The minimum atomic E-state index is -0.694. The summed E-state index contributed by atoms with van der Waals surface area (Å²) in [6.45, 7) is 4.88. The van der Waals surface area contributed by atoms with Crippen LogP contribution in [0.15, 0.2) is 12.2 Å². The van der Waals surface area contributed by atoms with Crippen molar-refractivity contribution in [2.24, 2.45) is 0 Å². The second-order valence-corrected chi connectivity index (χ2v) is 17.9. The zero-order valence-corrected chi connectivity index (χ0v) is 39.0. The molecule has 0 aromatic carbocycles. The maximum atomic E-state index is 12.4. The molecule has 2 atom stereocenters.